The third-order valence-electron chi connectivity index (χ3n) is 1.66. The lowest BCUT2D eigenvalue weighted by molar-refractivity contribution is 0.904. The second kappa shape index (κ2) is 5.63. The molecule has 1 rings (SSSR count). The summed E-state index contributed by atoms with van der Waals surface area (Å²) in [7, 11) is 2.58. The average molecular weight is 162 g/mol. The van der Waals surface area contributed by atoms with E-state index >= 15 is 0 Å². The van der Waals surface area contributed by atoms with Gasteiger partial charge in [0, 0.05) is 0 Å². The first-order chi connectivity index (χ1) is 4.50. The monoisotopic (exact) mass is 162 g/mol. The lowest BCUT2D eigenvalue weighted by Gasteiger charge is -1.94. The standard InChI is InChI=1S/C7H16P2/c1-2-5-9-7-3-6-8-4-1/h8-9H,1-7H2. The highest BCUT2D eigenvalue weighted by Crippen LogP contribution is 2.22. The molecule has 0 bridgehead atoms. The topological polar surface area (TPSA) is 0 Å². The van der Waals surface area contributed by atoms with Crippen LogP contribution in [-0.2, 0) is 0 Å². The van der Waals surface area contributed by atoms with Crippen molar-refractivity contribution in [3.8, 4) is 0 Å². The SMILES string of the molecule is C1CCPCCCPC1. The summed E-state index contributed by atoms with van der Waals surface area (Å²) in [6.07, 6.45) is 10.7. The third kappa shape index (κ3) is 4.29. The largest absolute Gasteiger partial charge is 0.122 e. The molecule has 1 aliphatic rings. The van der Waals surface area contributed by atoms with Gasteiger partial charge < -0.3 is 0 Å². The van der Waals surface area contributed by atoms with Gasteiger partial charge in [-0.1, -0.05) is 0 Å². The van der Waals surface area contributed by atoms with Gasteiger partial charge in [0.2, 0.25) is 0 Å². The number of hydrogen-bond acceptors (Lipinski definition) is 0. The molecule has 2 atom stereocenters. The van der Waals surface area contributed by atoms with E-state index in [0.29, 0.717) is 0 Å². The molecule has 1 fully saturated rings. The second-order valence-corrected chi connectivity index (χ2v) is 5.56. The highest BCUT2D eigenvalue weighted by atomic mass is 31.1. The zero-order valence-corrected chi connectivity index (χ0v) is 7.95. The maximum Gasteiger partial charge on any atom is -0.0350 e. The van der Waals surface area contributed by atoms with Crippen molar-refractivity contribution < 1.29 is 0 Å². The van der Waals surface area contributed by atoms with Crippen molar-refractivity contribution >= 4 is 17.2 Å². The van der Waals surface area contributed by atoms with Gasteiger partial charge in [-0.05, 0) is 43.9 Å². The smallest absolute Gasteiger partial charge is 0.0350 e. The van der Waals surface area contributed by atoms with E-state index in [1.165, 1.54) is 61.1 Å². The summed E-state index contributed by atoms with van der Waals surface area (Å²) in [5.41, 5.74) is 0. The molecule has 54 valence electrons. The fraction of sp³-hybridized carbons (Fsp3) is 1.00. The Balaban J connectivity index is 2.02. The van der Waals surface area contributed by atoms with Crippen molar-refractivity contribution in [1.29, 1.82) is 0 Å². The van der Waals surface area contributed by atoms with E-state index in [2.05, 4.69) is 0 Å². The zero-order valence-electron chi connectivity index (χ0n) is 5.95. The van der Waals surface area contributed by atoms with Crippen molar-refractivity contribution in [1.82, 2.24) is 0 Å². The molecule has 0 aromatic carbocycles. The summed E-state index contributed by atoms with van der Waals surface area (Å²) in [5.74, 6) is 0. The van der Waals surface area contributed by atoms with Gasteiger partial charge in [-0.2, -0.15) is 0 Å². The molecule has 2 unspecified atom stereocenters. The van der Waals surface area contributed by atoms with Gasteiger partial charge in [0.15, 0.2) is 0 Å². The Hall–Kier alpha value is 0.860. The fourth-order valence-electron chi connectivity index (χ4n) is 1.09. The molecule has 0 N–H and O–H groups in total. The molecule has 1 saturated heterocycles. The Morgan fingerprint density at radius 2 is 1.00 bits per heavy atom. The van der Waals surface area contributed by atoms with Crippen LogP contribution < -0.4 is 0 Å². The van der Waals surface area contributed by atoms with Gasteiger partial charge in [0.05, 0.1) is 0 Å². The van der Waals surface area contributed by atoms with Crippen LogP contribution in [0.3, 0.4) is 0 Å². The van der Waals surface area contributed by atoms with Gasteiger partial charge in [0.1, 0.15) is 0 Å². The zero-order chi connectivity index (χ0) is 6.36. The molecule has 0 amide bonds. The van der Waals surface area contributed by atoms with Crippen molar-refractivity contribution in [3.05, 3.63) is 0 Å². The molecule has 0 spiro atoms. The van der Waals surface area contributed by atoms with Gasteiger partial charge in [0.25, 0.3) is 0 Å². The Labute approximate surface area is 61.8 Å². The van der Waals surface area contributed by atoms with Crippen LogP contribution in [0.4, 0.5) is 0 Å². The van der Waals surface area contributed by atoms with Gasteiger partial charge in [-0.15, -0.1) is 17.2 Å². The predicted molar refractivity (Wildman–Crippen MR) is 49.9 cm³/mol. The minimum absolute atomic E-state index is 1.29. The number of hydrogen-bond donors (Lipinski definition) is 0. The average Bonchev–Trinajstić information content (AvgIpc) is 2.00. The molecular weight excluding hydrogens is 146 g/mol. The summed E-state index contributed by atoms with van der Waals surface area (Å²) < 4.78 is 0. The maximum atomic E-state index is 1.53. The summed E-state index contributed by atoms with van der Waals surface area (Å²) in [6.45, 7) is 0. The summed E-state index contributed by atoms with van der Waals surface area (Å²) in [6, 6.07) is 0. The minimum Gasteiger partial charge on any atom is -0.122 e. The third-order valence-corrected chi connectivity index (χ3v) is 4.49. The van der Waals surface area contributed by atoms with Crippen LogP contribution in [0.15, 0.2) is 0 Å². The van der Waals surface area contributed by atoms with Crippen molar-refractivity contribution in [2.45, 2.75) is 19.3 Å². The molecule has 0 aromatic rings. The van der Waals surface area contributed by atoms with E-state index in [-0.39, 0.29) is 0 Å². The van der Waals surface area contributed by atoms with Gasteiger partial charge in [-0.25, -0.2) is 0 Å². The quantitative estimate of drug-likeness (QED) is 0.480. The van der Waals surface area contributed by atoms with Crippen LogP contribution in [0.5, 0.6) is 0 Å². The van der Waals surface area contributed by atoms with Crippen molar-refractivity contribution in [2.24, 2.45) is 0 Å². The second-order valence-electron chi connectivity index (χ2n) is 2.56. The van der Waals surface area contributed by atoms with Crippen LogP contribution in [-0.4, -0.2) is 24.6 Å². The lowest BCUT2D eigenvalue weighted by atomic mass is 10.4. The molecule has 1 aliphatic heterocycles. The molecule has 0 aliphatic carbocycles. The molecule has 9 heavy (non-hydrogen) atoms. The fourth-order valence-corrected chi connectivity index (χ4v) is 3.80. The van der Waals surface area contributed by atoms with E-state index in [1.807, 2.05) is 0 Å². The van der Waals surface area contributed by atoms with Gasteiger partial charge in [-0.3, -0.25) is 0 Å². The van der Waals surface area contributed by atoms with Crippen LogP contribution in [0.1, 0.15) is 19.3 Å². The first-order valence-corrected chi connectivity index (χ1v) is 6.74. The van der Waals surface area contributed by atoms with E-state index < -0.39 is 0 Å². The van der Waals surface area contributed by atoms with Crippen molar-refractivity contribution in [2.75, 3.05) is 24.6 Å². The normalized spacial score (nSPS) is 29.3. The highest BCUT2D eigenvalue weighted by molar-refractivity contribution is 7.39. The molecule has 0 saturated carbocycles. The number of rotatable bonds is 0. The highest BCUT2D eigenvalue weighted by Gasteiger charge is 1.95. The van der Waals surface area contributed by atoms with E-state index in [4.69, 9.17) is 0 Å². The summed E-state index contributed by atoms with van der Waals surface area (Å²) >= 11 is 0. The van der Waals surface area contributed by atoms with Crippen molar-refractivity contribution in [3.63, 3.8) is 0 Å². The lowest BCUT2D eigenvalue weighted by Crippen LogP contribution is -1.78. The molecular formula is C7H16P2. The Morgan fingerprint density at radius 3 is 1.56 bits per heavy atom. The Kier molecular flexibility index (Phi) is 4.98. The molecule has 0 nitrogen and oxygen atoms in total. The Morgan fingerprint density at radius 1 is 0.556 bits per heavy atom. The van der Waals surface area contributed by atoms with Crippen LogP contribution in [0.2, 0.25) is 0 Å². The van der Waals surface area contributed by atoms with Gasteiger partial charge >= 0.3 is 0 Å². The van der Waals surface area contributed by atoms with Crippen LogP contribution >= 0.6 is 17.2 Å². The first kappa shape index (κ1) is 7.96. The maximum absolute atomic E-state index is 1.53. The molecule has 2 heteroatoms. The van der Waals surface area contributed by atoms with E-state index in [1.54, 1.807) is 0 Å². The summed E-state index contributed by atoms with van der Waals surface area (Å²) in [4.78, 5) is 0. The first-order valence-electron chi connectivity index (χ1n) is 3.91. The minimum atomic E-state index is 1.29. The molecule has 0 radical (unpaired) electrons. The summed E-state index contributed by atoms with van der Waals surface area (Å²) in [5, 5.41) is 0. The van der Waals surface area contributed by atoms with Crippen LogP contribution in [0.25, 0.3) is 0 Å². The van der Waals surface area contributed by atoms with E-state index in [9.17, 15) is 0 Å². The predicted octanol–water partition coefficient (Wildman–Crippen LogP) is 2.53. The van der Waals surface area contributed by atoms with Crippen LogP contribution in [0, 0.1) is 0 Å². The Bertz CT molecular complexity index is 35.4. The molecule has 1 heterocycles. The van der Waals surface area contributed by atoms with E-state index in [0.717, 1.165) is 0 Å². The molecule has 0 aromatic heterocycles.